The van der Waals surface area contributed by atoms with Crippen LogP contribution in [0.15, 0.2) is 30.3 Å². The number of hydrogen-bond donors (Lipinski definition) is 1. The fourth-order valence-corrected chi connectivity index (χ4v) is 2.35. The molecule has 0 aliphatic carbocycles. The van der Waals surface area contributed by atoms with Crippen molar-refractivity contribution in [3.63, 3.8) is 0 Å². The molecule has 1 N–H and O–H groups in total. The highest BCUT2D eigenvalue weighted by Gasteiger charge is 2.14. The molecule has 0 amide bonds. The molecule has 0 bridgehead atoms. The van der Waals surface area contributed by atoms with Crippen molar-refractivity contribution in [3.05, 3.63) is 57.9 Å². The van der Waals surface area contributed by atoms with Gasteiger partial charge in [0.25, 0.3) is 0 Å². The first-order chi connectivity index (χ1) is 9.92. The summed E-state index contributed by atoms with van der Waals surface area (Å²) in [5.41, 5.74) is 1.87. The van der Waals surface area contributed by atoms with E-state index in [1.54, 1.807) is 32.0 Å². The second-order valence-electron chi connectivity index (χ2n) is 5.02. The Kier molecular flexibility index (Phi) is 4.86. The molecule has 112 valence electrons. The fraction of sp³-hybridized carbons (Fsp3) is 0.294. The predicted molar refractivity (Wildman–Crippen MR) is 82.7 cm³/mol. The van der Waals surface area contributed by atoms with Crippen LogP contribution in [-0.2, 0) is 6.42 Å². The van der Waals surface area contributed by atoms with Gasteiger partial charge in [0.1, 0.15) is 17.3 Å². The van der Waals surface area contributed by atoms with E-state index in [2.05, 4.69) is 0 Å². The summed E-state index contributed by atoms with van der Waals surface area (Å²) in [6.07, 6.45) is -0.0186. The smallest absolute Gasteiger partial charge is 0.133 e. The Morgan fingerprint density at radius 1 is 1.29 bits per heavy atom. The molecule has 0 aromatic heterocycles. The van der Waals surface area contributed by atoms with Crippen LogP contribution in [0.2, 0.25) is 5.02 Å². The van der Waals surface area contributed by atoms with Crippen molar-refractivity contribution in [1.29, 1.82) is 0 Å². The van der Waals surface area contributed by atoms with Gasteiger partial charge < -0.3 is 9.84 Å². The van der Waals surface area contributed by atoms with Crippen LogP contribution in [-0.4, -0.2) is 5.11 Å². The van der Waals surface area contributed by atoms with Crippen LogP contribution in [0.4, 0.5) is 4.39 Å². The minimum absolute atomic E-state index is 0.358. The maximum atomic E-state index is 13.6. The van der Waals surface area contributed by atoms with E-state index in [4.69, 9.17) is 16.3 Å². The molecule has 2 aromatic carbocycles. The molecule has 0 spiro atoms. The Hall–Kier alpha value is -1.58. The molecule has 2 aromatic rings. The molecule has 2 rings (SSSR count). The third kappa shape index (κ3) is 3.55. The first kappa shape index (κ1) is 15.8. The second kappa shape index (κ2) is 6.46. The van der Waals surface area contributed by atoms with Gasteiger partial charge in [-0.1, -0.05) is 18.5 Å². The van der Waals surface area contributed by atoms with Crippen molar-refractivity contribution in [1.82, 2.24) is 0 Å². The number of hydrogen-bond acceptors (Lipinski definition) is 2. The Morgan fingerprint density at radius 2 is 2.00 bits per heavy atom. The normalized spacial score (nSPS) is 12.3. The molecule has 1 atom stereocenters. The minimum Gasteiger partial charge on any atom is -0.457 e. The van der Waals surface area contributed by atoms with E-state index in [9.17, 15) is 9.50 Å². The monoisotopic (exact) mass is 308 g/mol. The summed E-state index contributed by atoms with van der Waals surface area (Å²) in [5.74, 6) is 0.709. The van der Waals surface area contributed by atoms with E-state index >= 15 is 0 Å². The van der Waals surface area contributed by atoms with Crippen molar-refractivity contribution in [3.8, 4) is 11.5 Å². The molecule has 0 heterocycles. The number of aryl methyl sites for hydroxylation is 2. The van der Waals surface area contributed by atoms with Gasteiger partial charge in [0.2, 0.25) is 0 Å². The molecule has 0 saturated heterocycles. The largest absolute Gasteiger partial charge is 0.457 e. The molecular formula is C17H18ClFO2. The van der Waals surface area contributed by atoms with Crippen LogP contribution >= 0.6 is 11.6 Å². The van der Waals surface area contributed by atoms with E-state index in [0.29, 0.717) is 27.6 Å². The summed E-state index contributed by atoms with van der Waals surface area (Å²) in [7, 11) is 0. The Labute approximate surface area is 129 Å². The van der Waals surface area contributed by atoms with Gasteiger partial charge in [-0.05, 0) is 61.7 Å². The van der Waals surface area contributed by atoms with Gasteiger partial charge in [-0.2, -0.15) is 0 Å². The van der Waals surface area contributed by atoms with Crippen molar-refractivity contribution in [2.45, 2.75) is 33.3 Å². The van der Waals surface area contributed by atoms with Crippen LogP contribution in [0, 0.1) is 12.7 Å². The average Bonchev–Trinajstić information content (AvgIpc) is 2.44. The lowest BCUT2D eigenvalue weighted by molar-refractivity contribution is 0.195. The van der Waals surface area contributed by atoms with Crippen LogP contribution < -0.4 is 4.74 Å². The lowest BCUT2D eigenvalue weighted by Gasteiger charge is -2.15. The molecule has 4 heteroatoms. The van der Waals surface area contributed by atoms with E-state index in [1.165, 1.54) is 6.07 Å². The van der Waals surface area contributed by atoms with E-state index in [-0.39, 0.29) is 5.82 Å². The zero-order valence-corrected chi connectivity index (χ0v) is 13.0. The van der Waals surface area contributed by atoms with Gasteiger partial charge >= 0.3 is 0 Å². The zero-order valence-electron chi connectivity index (χ0n) is 12.3. The predicted octanol–water partition coefficient (Wildman–Crippen LogP) is 5.20. The molecule has 2 nitrogen and oxygen atoms in total. The van der Waals surface area contributed by atoms with Gasteiger partial charge in [-0.3, -0.25) is 0 Å². The molecule has 0 fully saturated rings. The topological polar surface area (TPSA) is 29.5 Å². The Bertz CT molecular complexity index is 653. The standard InChI is InChI=1S/C17H18ClFO2/c1-4-12-8-13(5-6-15(12)18)21-17-7-10(2)16(19)9-14(17)11(3)20/h5-9,11,20H,4H2,1-3H3/t11-/m1/s1. The summed E-state index contributed by atoms with van der Waals surface area (Å²) >= 11 is 6.08. The SMILES string of the molecule is CCc1cc(Oc2cc(C)c(F)cc2[C@@H](C)O)ccc1Cl. The van der Waals surface area contributed by atoms with Gasteiger partial charge in [0, 0.05) is 10.6 Å². The van der Waals surface area contributed by atoms with Crippen molar-refractivity contribution in [2.75, 3.05) is 0 Å². The number of rotatable bonds is 4. The average molecular weight is 309 g/mol. The first-order valence-electron chi connectivity index (χ1n) is 6.86. The minimum atomic E-state index is -0.812. The third-order valence-corrected chi connectivity index (χ3v) is 3.74. The highest BCUT2D eigenvalue weighted by Crippen LogP contribution is 2.33. The van der Waals surface area contributed by atoms with Crippen molar-refractivity contribution < 1.29 is 14.2 Å². The second-order valence-corrected chi connectivity index (χ2v) is 5.43. The molecule has 0 aliphatic heterocycles. The fourth-order valence-electron chi connectivity index (χ4n) is 2.10. The van der Waals surface area contributed by atoms with Gasteiger partial charge in [0.15, 0.2) is 0 Å². The van der Waals surface area contributed by atoms with Gasteiger partial charge in [-0.15, -0.1) is 0 Å². The molecule has 0 radical (unpaired) electrons. The van der Waals surface area contributed by atoms with Crippen molar-refractivity contribution >= 4 is 11.6 Å². The summed E-state index contributed by atoms with van der Waals surface area (Å²) in [6.45, 7) is 5.25. The Morgan fingerprint density at radius 3 is 2.62 bits per heavy atom. The summed E-state index contributed by atoms with van der Waals surface area (Å²) in [5, 5.41) is 10.5. The lowest BCUT2D eigenvalue weighted by atomic mass is 10.1. The number of ether oxygens (including phenoxy) is 1. The zero-order chi connectivity index (χ0) is 15.6. The van der Waals surface area contributed by atoms with Crippen LogP contribution in [0.25, 0.3) is 0 Å². The summed E-state index contributed by atoms with van der Waals surface area (Å²) in [6, 6.07) is 8.29. The van der Waals surface area contributed by atoms with Gasteiger partial charge in [-0.25, -0.2) is 4.39 Å². The number of benzene rings is 2. The van der Waals surface area contributed by atoms with Crippen LogP contribution in [0.1, 0.15) is 36.6 Å². The molecular weight excluding hydrogens is 291 g/mol. The molecule has 0 saturated carbocycles. The maximum Gasteiger partial charge on any atom is 0.133 e. The maximum absolute atomic E-state index is 13.6. The Balaban J connectivity index is 2.41. The molecule has 0 unspecified atom stereocenters. The van der Waals surface area contributed by atoms with Crippen molar-refractivity contribution in [2.24, 2.45) is 0 Å². The van der Waals surface area contributed by atoms with E-state index in [0.717, 1.165) is 12.0 Å². The third-order valence-electron chi connectivity index (χ3n) is 3.37. The van der Waals surface area contributed by atoms with Crippen LogP contribution in [0.3, 0.4) is 0 Å². The molecule has 0 aliphatic rings. The number of halogens is 2. The number of aliphatic hydroxyl groups is 1. The highest BCUT2D eigenvalue weighted by atomic mass is 35.5. The lowest BCUT2D eigenvalue weighted by Crippen LogP contribution is -1.99. The van der Waals surface area contributed by atoms with Gasteiger partial charge in [0.05, 0.1) is 6.10 Å². The van der Waals surface area contributed by atoms with Crippen LogP contribution in [0.5, 0.6) is 11.5 Å². The highest BCUT2D eigenvalue weighted by molar-refractivity contribution is 6.31. The quantitative estimate of drug-likeness (QED) is 0.841. The summed E-state index contributed by atoms with van der Waals surface area (Å²) < 4.78 is 19.5. The van der Waals surface area contributed by atoms with E-state index < -0.39 is 6.10 Å². The van der Waals surface area contributed by atoms with E-state index in [1.807, 2.05) is 13.0 Å². The number of aliphatic hydroxyl groups excluding tert-OH is 1. The first-order valence-corrected chi connectivity index (χ1v) is 7.24. The molecule has 21 heavy (non-hydrogen) atoms. The summed E-state index contributed by atoms with van der Waals surface area (Å²) in [4.78, 5) is 0.